The van der Waals surface area contributed by atoms with Crippen LogP contribution in [0.4, 0.5) is 17.6 Å². The second-order valence-corrected chi connectivity index (χ2v) is 6.82. The number of ether oxygens (including phenoxy) is 1. The molecule has 2 rings (SSSR count). The van der Waals surface area contributed by atoms with Crippen molar-refractivity contribution in [1.29, 1.82) is 0 Å². The van der Waals surface area contributed by atoms with E-state index in [-0.39, 0.29) is 17.8 Å². The van der Waals surface area contributed by atoms with Gasteiger partial charge in [-0.15, -0.1) is 0 Å². The van der Waals surface area contributed by atoms with Crippen molar-refractivity contribution in [1.82, 2.24) is 15.0 Å². The average Bonchev–Trinajstić information content (AvgIpc) is 2.62. The van der Waals surface area contributed by atoms with Crippen molar-refractivity contribution in [2.24, 2.45) is 5.92 Å². The van der Waals surface area contributed by atoms with Crippen LogP contribution < -0.4 is 10.2 Å². The summed E-state index contributed by atoms with van der Waals surface area (Å²) >= 11 is 0. The molecule has 26 heavy (non-hydrogen) atoms. The fraction of sp³-hybridized carbons (Fsp3) is 0.474. The van der Waals surface area contributed by atoms with Crippen LogP contribution in [0.25, 0.3) is 0 Å². The number of hydrogen-bond donors (Lipinski definition) is 1. The first kappa shape index (κ1) is 19.6. The van der Waals surface area contributed by atoms with Gasteiger partial charge in [-0.05, 0) is 24.1 Å². The van der Waals surface area contributed by atoms with Crippen LogP contribution in [0.3, 0.4) is 0 Å². The molecule has 2 aromatic rings. The van der Waals surface area contributed by atoms with E-state index < -0.39 is 0 Å². The zero-order valence-corrected chi connectivity index (χ0v) is 16.3. The lowest BCUT2D eigenvalue weighted by Crippen LogP contribution is -2.16. The van der Waals surface area contributed by atoms with E-state index in [4.69, 9.17) is 4.74 Å². The number of carbonyl (C=O) groups is 1. The molecule has 140 valence electrons. The molecule has 1 aromatic heterocycles. The van der Waals surface area contributed by atoms with Crippen LogP contribution in [0.2, 0.25) is 0 Å². The van der Waals surface area contributed by atoms with Crippen molar-refractivity contribution in [3.63, 3.8) is 0 Å². The molecule has 1 atom stereocenters. The van der Waals surface area contributed by atoms with Crippen molar-refractivity contribution >= 4 is 23.6 Å². The molecule has 1 aromatic carbocycles. The van der Waals surface area contributed by atoms with Crippen molar-refractivity contribution in [3.05, 3.63) is 35.7 Å². The van der Waals surface area contributed by atoms with Crippen molar-refractivity contribution in [3.8, 4) is 0 Å². The maximum atomic E-state index is 11.5. The largest absolute Gasteiger partial charge is 0.469 e. The third kappa shape index (κ3) is 5.15. The molecule has 1 heterocycles. The summed E-state index contributed by atoms with van der Waals surface area (Å²) in [6.07, 6.45) is 0.640. The van der Waals surface area contributed by atoms with Gasteiger partial charge in [0.2, 0.25) is 11.9 Å². The Balaban J connectivity index is 2.14. The zero-order chi connectivity index (χ0) is 19.3. The molecule has 7 nitrogen and oxygen atoms in total. The molecule has 0 amide bonds. The zero-order valence-electron chi connectivity index (χ0n) is 16.3. The van der Waals surface area contributed by atoms with Crippen LogP contribution in [-0.4, -0.2) is 42.1 Å². The van der Waals surface area contributed by atoms with Gasteiger partial charge >= 0.3 is 5.97 Å². The Morgan fingerprint density at radius 3 is 2.31 bits per heavy atom. The molecule has 0 fully saturated rings. The lowest BCUT2D eigenvalue weighted by atomic mass is 10.0. The van der Waals surface area contributed by atoms with Crippen molar-refractivity contribution in [2.45, 2.75) is 33.1 Å². The highest BCUT2D eigenvalue weighted by atomic mass is 16.5. The molecule has 0 aliphatic heterocycles. The molecule has 0 aliphatic rings. The topological polar surface area (TPSA) is 80.2 Å². The minimum absolute atomic E-state index is 0.168. The minimum atomic E-state index is -0.199. The normalized spacial score (nSPS) is 12.0. The molecule has 0 saturated heterocycles. The number of carbonyl (C=O) groups excluding carboxylic acids is 1. The lowest BCUT2D eigenvalue weighted by Gasteiger charge is -2.15. The first-order valence-corrected chi connectivity index (χ1v) is 8.67. The number of esters is 1. The van der Waals surface area contributed by atoms with E-state index in [2.05, 4.69) is 34.1 Å². The summed E-state index contributed by atoms with van der Waals surface area (Å²) in [4.78, 5) is 26.8. The third-order valence-corrected chi connectivity index (χ3v) is 3.91. The van der Waals surface area contributed by atoms with Gasteiger partial charge in [0.15, 0.2) is 0 Å². The Morgan fingerprint density at radius 1 is 1.12 bits per heavy atom. The Morgan fingerprint density at radius 2 is 1.77 bits per heavy atom. The fourth-order valence-electron chi connectivity index (χ4n) is 2.39. The van der Waals surface area contributed by atoms with Crippen LogP contribution in [0, 0.1) is 5.92 Å². The molecular weight excluding hydrogens is 330 g/mol. The Kier molecular flexibility index (Phi) is 6.49. The number of rotatable bonds is 7. The van der Waals surface area contributed by atoms with Gasteiger partial charge in [0.1, 0.15) is 5.82 Å². The van der Waals surface area contributed by atoms with E-state index in [1.165, 1.54) is 7.11 Å². The SMILES string of the molecule is COC(=O)C(C)Cc1ccc(Nc2nc(C(C)C)nc(N(C)C)n2)cc1. The summed E-state index contributed by atoms with van der Waals surface area (Å²) in [7, 11) is 5.22. The summed E-state index contributed by atoms with van der Waals surface area (Å²) in [6, 6.07) is 7.87. The number of methoxy groups -OCH3 is 1. The van der Waals surface area contributed by atoms with E-state index in [0.717, 1.165) is 17.1 Å². The quantitative estimate of drug-likeness (QED) is 0.762. The molecule has 0 radical (unpaired) electrons. The predicted molar refractivity (Wildman–Crippen MR) is 103 cm³/mol. The van der Waals surface area contributed by atoms with E-state index in [1.807, 2.05) is 50.2 Å². The molecule has 7 heteroatoms. The van der Waals surface area contributed by atoms with Crippen LogP contribution in [0.15, 0.2) is 24.3 Å². The minimum Gasteiger partial charge on any atom is -0.469 e. The second kappa shape index (κ2) is 8.60. The summed E-state index contributed by atoms with van der Waals surface area (Å²) in [5, 5.41) is 3.23. The van der Waals surface area contributed by atoms with Crippen LogP contribution in [-0.2, 0) is 16.0 Å². The fourth-order valence-corrected chi connectivity index (χ4v) is 2.39. The Hall–Kier alpha value is -2.70. The second-order valence-electron chi connectivity index (χ2n) is 6.82. The van der Waals surface area contributed by atoms with Gasteiger partial charge in [-0.3, -0.25) is 4.79 Å². The number of aromatic nitrogens is 3. The van der Waals surface area contributed by atoms with E-state index in [1.54, 1.807) is 0 Å². The third-order valence-electron chi connectivity index (χ3n) is 3.91. The summed E-state index contributed by atoms with van der Waals surface area (Å²) in [6.45, 7) is 5.96. The molecule has 1 N–H and O–H groups in total. The van der Waals surface area contributed by atoms with Crippen LogP contribution in [0.5, 0.6) is 0 Å². The molecule has 0 bridgehead atoms. The highest BCUT2D eigenvalue weighted by Crippen LogP contribution is 2.20. The molecule has 0 spiro atoms. The van der Waals surface area contributed by atoms with Gasteiger partial charge in [-0.2, -0.15) is 15.0 Å². The smallest absolute Gasteiger partial charge is 0.308 e. The Labute approximate surface area is 154 Å². The predicted octanol–water partition coefficient (Wildman–Crippen LogP) is 3.16. The van der Waals surface area contributed by atoms with Gasteiger partial charge in [0, 0.05) is 25.7 Å². The van der Waals surface area contributed by atoms with Gasteiger partial charge in [-0.25, -0.2) is 0 Å². The molecule has 0 aliphatic carbocycles. The number of benzene rings is 1. The van der Waals surface area contributed by atoms with Gasteiger partial charge in [0.25, 0.3) is 0 Å². The van der Waals surface area contributed by atoms with Crippen molar-refractivity contribution in [2.75, 3.05) is 31.4 Å². The van der Waals surface area contributed by atoms with E-state index in [9.17, 15) is 4.79 Å². The van der Waals surface area contributed by atoms with Crippen LogP contribution in [0.1, 0.15) is 38.1 Å². The van der Waals surface area contributed by atoms with Crippen molar-refractivity contribution < 1.29 is 9.53 Å². The van der Waals surface area contributed by atoms with Gasteiger partial charge < -0.3 is 15.0 Å². The van der Waals surface area contributed by atoms with Gasteiger partial charge in [-0.1, -0.05) is 32.9 Å². The highest BCUT2D eigenvalue weighted by molar-refractivity contribution is 5.72. The maximum Gasteiger partial charge on any atom is 0.308 e. The number of nitrogens with one attached hydrogen (secondary N) is 1. The number of hydrogen-bond acceptors (Lipinski definition) is 7. The first-order chi connectivity index (χ1) is 12.3. The molecule has 1 unspecified atom stereocenters. The number of nitrogens with zero attached hydrogens (tertiary/aromatic N) is 4. The monoisotopic (exact) mass is 357 g/mol. The maximum absolute atomic E-state index is 11.5. The summed E-state index contributed by atoms with van der Waals surface area (Å²) in [5.41, 5.74) is 1.95. The summed E-state index contributed by atoms with van der Waals surface area (Å²) in [5.74, 6) is 1.72. The number of anilines is 3. The van der Waals surface area contributed by atoms with Gasteiger partial charge in [0.05, 0.1) is 13.0 Å². The summed E-state index contributed by atoms with van der Waals surface area (Å²) < 4.78 is 4.77. The van der Waals surface area contributed by atoms with Crippen LogP contribution >= 0.6 is 0 Å². The standard InChI is InChI=1S/C19H27N5O2/c1-12(2)16-21-18(23-19(22-16)24(4)5)20-15-9-7-14(8-10-15)11-13(3)17(25)26-6/h7-10,12-13H,11H2,1-6H3,(H,20,21,22,23). The Bertz CT molecular complexity index is 718. The van der Waals surface area contributed by atoms with E-state index in [0.29, 0.717) is 18.3 Å². The molecular formula is C19H27N5O2. The first-order valence-electron chi connectivity index (χ1n) is 8.67. The molecule has 0 saturated carbocycles. The lowest BCUT2D eigenvalue weighted by molar-refractivity contribution is -0.144. The highest BCUT2D eigenvalue weighted by Gasteiger charge is 2.14. The van der Waals surface area contributed by atoms with E-state index >= 15 is 0 Å². The average molecular weight is 357 g/mol.